The van der Waals surface area contributed by atoms with Crippen LogP contribution in [-0.4, -0.2) is 39.0 Å². The molecule has 0 atom stereocenters. The van der Waals surface area contributed by atoms with Crippen molar-refractivity contribution < 1.29 is 0 Å². The zero-order chi connectivity index (χ0) is 92.8. The van der Waals surface area contributed by atoms with E-state index in [2.05, 4.69) is 482 Å². The van der Waals surface area contributed by atoms with Crippen LogP contribution in [0.4, 0.5) is 0 Å². The molecule has 0 aliphatic heterocycles. The van der Waals surface area contributed by atoms with E-state index in [1.807, 2.05) is 36.4 Å². The zero-order valence-electron chi connectivity index (χ0n) is 76.5. The van der Waals surface area contributed by atoms with Crippen LogP contribution in [0.25, 0.3) is 251 Å². The first-order chi connectivity index (χ1) is 69.3. The molecule has 0 saturated carbocycles. The van der Waals surface area contributed by atoms with E-state index in [1.165, 1.54) is 22.3 Å². The monoisotopic (exact) mass is 1780 g/mol. The second kappa shape index (κ2) is 36.4. The molecule has 0 radical (unpaired) electrons. The average Bonchev–Trinajstić information content (AvgIpc) is 1.58. The molecule has 0 bridgehead atoms. The highest BCUT2D eigenvalue weighted by atomic mass is 15.0. The molecule has 8 nitrogen and oxygen atoms in total. The van der Waals surface area contributed by atoms with E-state index in [-0.39, 0.29) is 0 Å². The van der Waals surface area contributed by atoms with Crippen molar-refractivity contribution in [1.82, 2.24) is 39.0 Å². The summed E-state index contributed by atoms with van der Waals surface area (Å²) in [4.78, 5) is 32.1. The second-order valence-electron chi connectivity index (χ2n) is 36.0. The Labute approximate surface area is 812 Å². The van der Waals surface area contributed by atoms with Gasteiger partial charge in [0, 0.05) is 66.3 Å². The third-order valence-electron chi connectivity index (χ3n) is 27.2. The first kappa shape index (κ1) is 83.3. The highest BCUT2D eigenvalue weighted by molar-refractivity contribution is 6.18. The maximum absolute atomic E-state index is 5.43. The van der Waals surface area contributed by atoms with Crippen LogP contribution in [0.15, 0.2) is 510 Å². The molecule has 1 aliphatic carbocycles. The molecular weight excluding hydrogens is 1700 g/mol. The van der Waals surface area contributed by atoms with Gasteiger partial charge in [-0.2, -0.15) is 0 Å². The van der Waals surface area contributed by atoms with Gasteiger partial charge in [-0.1, -0.05) is 382 Å². The topological polar surface area (TPSA) is 87.2 Å². The summed E-state index contributed by atoms with van der Waals surface area (Å²) in [6.07, 6.45) is 8.97. The fraction of sp³-hybridized carbons (Fsp3) is 0.0152. The minimum atomic E-state index is 0.578. The molecule has 20 aromatic carbocycles. The lowest BCUT2D eigenvalue weighted by Gasteiger charge is -2.14. The summed E-state index contributed by atoms with van der Waals surface area (Å²) in [6.45, 7) is 0. The number of hydrogen-bond acceptors (Lipinski definition) is 6. The molecule has 140 heavy (non-hydrogen) atoms. The molecular formula is C132H88N8. The molecule has 0 N–H and O–H groups in total. The van der Waals surface area contributed by atoms with Crippen LogP contribution in [0.3, 0.4) is 0 Å². The van der Waals surface area contributed by atoms with Gasteiger partial charge in [0.2, 0.25) is 0 Å². The molecule has 24 aromatic rings. The van der Waals surface area contributed by atoms with Gasteiger partial charge in [-0.05, 0) is 274 Å². The number of aromatic nitrogens is 8. The van der Waals surface area contributed by atoms with Crippen molar-refractivity contribution in [2.24, 2.45) is 0 Å². The summed E-state index contributed by atoms with van der Waals surface area (Å²) < 4.78 is 4.89. The van der Waals surface area contributed by atoms with Crippen molar-refractivity contribution in [2.45, 2.75) is 12.8 Å². The summed E-state index contributed by atoms with van der Waals surface area (Å²) in [6, 6.07) is 177. The first-order valence-electron chi connectivity index (χ1n) is 47.8. The van der Waals surface area contributed by atoms with Gasteiger partial charge in [-0.25, -0.2) is 29.9 Å². The van der Waals surface area contributed by atoms with Gasteiger partial charge in [-0.3, -0.25) is 0 Å². The van der Waals surface area contributed by atoms with E-state index in [4.69, 9.17) is 29.9 Å². The molecule has 0 spiro atoms. The summed E-state index contributed by atoms with van der Waals surface area (Å²) in [5.41, 5.74) is 38.8. The number of fused-ring (bicyclic) bond motifs is 6. The zero-order valence-corrected chi connectivity index (χ0v) is 76.5. The number of rotatable bonds is 20. The second-order valence-corrected chi connectivity index (χ2v) is 36.0. The highest BCUT2D eigenvalue weighted by Crippen LogP contribution is 2.47. The number of allylic oxidation sites excluding steroid dienone is 4. The smallest absolute Gasteiger partial charge is 0.164 e. The van der Waals surface area contributed by atoms with Crippen molar-refractivity contribution in [1.29, 1.82) is 0 Å². The Kier molecular flexibility index (Phi) is 21.7. The lowest BCUT2D eigenvalue weighted by atomic mass is 9.91. The van der Waals surface area contributed by atoms with Gasteiger partial charge in [-0.15, -0.1) is 0 Å². The molecule has 0 saturated heterocycles. The fourth-order valence-electron chi connectivity index (χ4n) is 20.3. The van der Waals surface area contributed by atoms with E-state index < -0.39 is 0 Å². The molecule has 8 heteroatoms. The Morgan fingerprint density at radius 1 is 0.157 bits per heavy atom. The van der Waals surface area contributed by atoms with Crippen molar-refractivity contribution in [3.8, 4) is 202 Å². The van der Waals surface area contributed by atoms with Gasteiger partial charge in [0.05, 0.1) is 22.1 Å². The van der Waals surface area contributed by atoms with E-state index in [0.29, 0.717) is 34.9 Å². The van der Waals surface area contributed by atoms with Gasteiger partial charge in [0.25, 0.3) is 0 Å². The maximum Gasteiger partial charge on any atom is 0.164 e. The van der Waals surface area contributed by atoms with Crippen LogP contribution < -0.4 is 0 Å². The molecule has 4 heterocycles. The SMILES string of the molecule is C1=CC(c2cc(-c3ccccc3)cc(-c3cccc(-c4nc(-c5ccccc5)nc(-c5cccc(-c6cccc7c6c6cc(-c8ccccc8)ccc6n7-c6cccc(-c7cccc(-c8cccc(-n9c%10ccc(-c%11ccccc%11)cc%10c%10c(-c%11cccc(-c%12nc(-c%13ccccc%13)nc(-c%13cccc(-c%14cc(-c%15ccccc%15)cc(-c%15ccccc%15)c%14)c%13)n%12)c%11)cccc%109)c8)c7)c6)c5)n4)c3)c2)=CCC1. The van der Waals surface area contributed by atoms with Crippen LogP contribution in [0.2, 0.25) is 0 Å². The summed E-state index contributed by atoms with van der Waals surface area (Å²) in [5, 5.41) is 4.57. The van der Waals surface area contributed by atoms with Gasteiger partial charge in [0.1, 0.15) is 0 Å². The van der Waals surface area contributed by atoms with Gasteiger partial charge >= 0.3 is 0 Å². The Bertz CT molecular complexity index is 8860. The third kappa shape index (κ3) is 16.2. The highest BCUT2D eigenvalue weighted by Gasteiger charge is 2.25. The van der Waals surface area contributed by atoms with E-state index >= 15 is 0 Å². The maximum atomic E-state index is 5.43. The predicted octanol–water partition coefficient (Wildman–Crippen LogP) is 34.3. The molecule has 25 rings (SSSR count). The Balaban J connectivity index is 0.562. The number of benzene rings is 20. The quantitative estimate of drug-likeness (QED) is 0.0756. The third-order valence-corrected chi connectivity index (χ3v) is 27.2. The van der Waals surface area contributed by atoms with Crippen molar-refractivity contribution in [3.63, 3.8) is 0 Å². The molecule has 656 valence electrons. The van der Waals surface area contributed by atoms with Crippen LogP contribution in [0.1, 0.15) is 18.4 Å². The first-order valence-corrected chi connectivity index (χ1v) is 47.8. The van der Waals surface area contributed by atoms with Crippen molar-refractivity contribution >= 4 is 49.2 Å². The fourth-order valence-corrected chi connectivity index (χ4v) is 20.3. The number of hydrogen-bond donors (Lipinski definition) is 0. The minimum absolute atomic E-state index is 0.578. The van der Waals surface area contributed by atoms with Crippen LogP contribution in [-0.2, 0) is 0 Å². The number of nitrogens with zero attached hydrogens (tertiary/aromatic N) is 8. The van der Waals surface area contributed by atoms with E-state index in [9.17, 15) is 0 Å². The van der Waals surface area contributed by atoms with Crippen molar-refractivity contribution in [2.75, 3.05) is 0 Å². The van der Waals surface area contributed by atoms with E-state index in [0.717, 1.165) is 212 Å². The van der Waals surface area contributed by atoms with Crippen LogP contribution in [0.5, 0.6) is 0 Å². The van der Waals surface area contributed by atoms with Crippen molar-refractivity contribution in [3.05, 3.63) is 515 Å². The minimum Gasteiger partial charge on any atom is -0.309 e. The van der Waals surface area contributed by atoms with Gasteiger partial charge < -0.3 is 9.13 Å². The normalized spacial score (nSPS) is 12.0. The standard InChI is InChI=1S/C132H88N8/c1-9-34-87(35-10-1)101-68-70-121-119(85-101)125-117(103-56-28-60-107(75-103)131-135-127(93-46-21-7-22-47-93)133-129(137-131)105-58-26-52-97(73-105)113-79-109(89-38-13-3-14-39-89)77-110(80-113)90-40-15-4-16-41-90)64-32-66-123(125)139(121)115-62-30-54-99(83-115)95-50-25-51-96(72-95)100-55-31-63-116(84-100)140-122-71-69-102(88-36-11-2-12-37-88)86-120(122)126-118(65-33-67-124(126)140)104-57-29-61-108(76-104)132-136-128(94-48-23-8-24-49-94)134-130(138-132)106-59-27-53-98(74-106)114-81-111(91-42-17-5-18-43-91)78-112(82-114)92-44-19-6-20-45-92/h1-5,7-19,21-86H,6,20H2. The lowest BCUT2D eigenvalue weighted by molar-refractivity contribution is 1.04. The van der Waals surface area contributed by atoms with Gasteiger partial charge in [0.15, 0.2) is 34.9 Å². The summed E-state index contributed by atoms with van der Waals surface area (Å²) in [5.74, 6) is 3.53. The molecule has 0 amide bonds. The Hall–Kier alpha value is -18.5. The largest absolute Gasteiger partial charge is 0.309 e. The Morgan fingerprint density at radius 2 is 0.400 bits per heavy atom. The Morgan fingerprint density at radius 3 is 0.743 bits per heavy atom. The summed E-state index contributed by atoms with van der Waals surface area (Å²) >= 11 is 0. The molecule has 0 fully saturated rings. The predicted molar refractivity (Wildman–Crippen MR) is 581 cm³/mol. The van der Waals surface area contributed by atoms with Crippen LogP contribution >= 0.6 is 0 Å². The van der Waals surface area contributed by atoms with Crippen LogP contribution in [0, 0.1) is 0 Å². The molecule has 0 unspecified atom stereocenters. The average molecular weight is 1790 g/mol. The molecule has 1 aliphatic rings. The lowest BCUT2D eigenvalue weighted by Crippen LogP contribution is -2.00. The summed E-state index contributed by atoms with van der Waals surface area (Å²) in [7, 11) is 0. The van der Waals surface area contributed by atoms with E-state index in [1.54, 1.807) is 0 Å². The molecule has 4 aromatic heterocycles.